The number of hydrogen-bond acceptors (Lipinski definition) is 4. The first kappa shape index (κ1) is 16.2. The molecule has 5 heteroatoms. The maximum absolute atomic E-state index is 13.1. The van der Waals surface area contributed by atoms with Crippen molar-refractivity contribution in [2.45, 2.75) is 27.7 Å². The number of hydrogen-bond donors (Lipinski definition) is 1. The van der Waals surface area contributed by atoms with Gasteiger partial charge in [0.1, 0.15) is 11.4 Å². The largest absolute Gasteiger partial charge is 0.338 e. The second kappa shape index (κ2) is 5.44. The van der Waals surface area contributed by atoms with Crippen molar-refractivity contribution in [1.82, 2.24) is 9.88 Å². The van der Waals surface area contributed by atoms with Crippen LogP contribution in [0.4, 0.5) is 0 Å². The molecule has 0 aromatic carbocycles. The Morgan fingerprint density at radius 3 is 2.46 bits per heavy atom. The van der Waals surface area contributed by atoms with Crippen LogP contribution in [0.25, 0.3) is 0 Å². The average Bonchev–Trinajstić information content (AvgIpc) is 2.46. The molecule has 0 saturated carbocycles. The fraction of sp³-hybridized carbons (Fsp3) is 0.316. The summed E-state index contributed by atoms with van der Waals surface area (Å²) in [7, 11) is 0. The molecule has 0 unspecified atom stereocenters. The van der Waals surface area contributed by atoms with Crippen LogP contribution in [0.5, 0.6) is 0 Å². The standard InChI is InChI=1S/C19H20N2O3/c1-9(2)8-21-12(5)6-10(3)15-17(21)19(24)16-14(18(15)23)11(4)7-13(22)20-16/h6-7,9H,5,8H2,1-4H3,(H,20,22). The number of pyridine rings is 1. The highest BCUT2D eigenvalue weighted by Gasteiger charge is 2.40. The zero-order valence-electron chi connectivity index (χ0n) is 14.3. The molecule has 124 valence electrons. The Labute approximate surface area is 140 Å². The lowest BCUT2D eigenvalue weighted by molar-refractivity contribution is 0.0942. The molecule has 24 heavy (non-hydrogen) atoms. The van der Waals surface area contributed by atoms with Gasteiger partial charge in [-0.15, -0.1) is 0 Å². The lowest BCUT2D eigenvalue weighted by Crippen LogP contribution is -2.39. The normalized spacial score (nSPS) is 17.3. The highest BCUT2D eigenvalue weighted by molar-refractivity contribution is 6.28. The van der Waals surface area contributed by atoms with Gasteiger partial charge in [0, 0.05) is 18.3 Å². The van der Waals surface area contributed by atoms with Crippen molar-refractivity contribution in [2.24, 2.45) is 5.92 Å². The number of carbonyl (C=O) groups excluding carboxylic acids is 2. The molecule has 0 amide bonds. The Bertz CT molecular complexity index is 913. The molecule has 0 saturated heterocycles. The molecule has 1 aromatic heterocycles. The third kappa shape index (κ3) is 2.28. The van der Waals surface area contributed by atoms with Gasteiger partial charge in [0.05, 0.1) is 11.1 Å². The van der Waals surface area contributed by atoms with E-state index in [1.54, 1.807) is 11.8 Å². The van der Waals surface area contributed by atoms with E-state index in [9.17, 15) is 14.4 Å². The summed E-state index contributed by atoms with van der Waals surface area (Å²) >= 11 is 0. The summed E-state index contributed by atoms with van der Waals surface area (Å²) in [5.41, 5.74) is 2.66. The Morgan fingerprint density at radius 1 is 1.17 bits per heavy atom. The third-order valence-corrected chi connectivity index (χ3v) is 4.31. The van der Waals surface area contributed by atoms with Crippen molar-refractivity contribution < 1.29 is 9.59 Å². The van der Waals surface area contributed by atoms with Crippen LogP contribution in [0.3, 0.4) is 0 Å². The number of aromatic amines is 1. The number of Topliss-reactive ketones (excluding diaryl/α,β-unsaturated/α-hetero) is 2. The van der Waals surface area contributed by atoms with Gasteiger partial charge < -0.3 is 9.88 Å². The van der Waals surface area contributed by atoms with Gasteiger partial charge in [-0.2, -0.15) is 0 Å². The van der Waals surface area contributed by atoms with Crippen molar-refractivity contribution >= 4 is 11.6 Å². The van der Waals surface area contributed by atoms with Gasteiger partial charge in [-0.1, -0.05) is 20.4 Å². The van der Waals surface area contributed by atoms with Gasteiger partial charge in [-0.25, -0.2) is 0 Å². The molecule has 0 fully saturated rings. The molecule has 3 rings (SSSR count). The van der Waals surface area contributed by atoms with Crippen LogP contribution in [0.15, 0.2) is 46.1 Å². The van der Waals surface area contributed by atoms with Crippen LogP contribution >= 0.6 is 0 Å². The summed E-state index contributed by atoms with van der Waals surface area (Å²) in [5, 5.41) is 0. The molecule has 2 aliphatic rings. The number of carbonyl (C=O) groups is 2. The summed E-state index contributed by atoms with van der Waals surface area (Å²) in [6, 6.07) is 1.35. The molecular weight excluding hydrogens is 304 g/mol. The lowest BCUT2D eigenvalue weighted by atomic mass is 9.82. The summed E-state index contributed by atoms with van der Waals surface area (Å²) in [6.07, 6.45) is 1.83. The Kier molecular flexibility index (Phi) is 3.67. The number of aromatic nitrogens is 1. The Morgan fingerprint density at radius 2 is 1.83 bits per heavy atom. The van der Waals surface area contributed by atoms with E-state index in [0.717, 1.165) is 5.57 Å². The molecule has 1 N–H and O–H groups in total. The first-order valence-electron chi connectivity index (χ1n) is 7.95. The number of nitrogens with zero attached hydrogens (tertiary/aromatic N) is 1. The van der Waals surface area contributed by atoms with Gasteiger partial charge in [0.25, 0.3) is 0 Å². The van der Waals surface area contributed by atoms with E-state index in [-0.39, 0.29) is 28.7 Å². The second-order valence-corrected chi connectivity index (χ2v) is 6.77. The topological polar surface area (TPSA) is 70.2 Å². The van der Waals surface area contributed by atoms with Crippen LogP contribution in [0, 0.1) is 12.8 Å². The van der Waals surface area contributed by atoms with E-state index in [1.165, 1.54) is 6.07 Å². The van der Waals surface area contributed by atoms with Gasteiger partial charge >= 0.3 is 0 Å². The molecular formula is C19H20N2O3. The third-order valence-electron chi connectivity index (χ3n) is 4.31. The molecule has 1 aliphatic heterocycles. The first-order chi connectivity index (χ1) is 11.2. The summed E-state index contributed by atoms with van der Waals surface area (Å²) in [5.74, 6) is -0.263. The summed E-state index contributed by atoms with van der Waals surface area (Å²) in [6.45, 7) is 12.2. The van der Waals surface area contributed by atoms with Crippen molar-refractivity contribution in [3.05, 3.63) is 68.4 Å². The number of allylic oxidation sites excluding steroid dienone is 4. The minimum Gasteiger partial charge on any atom is -0.338 e. The SMILES string of the molecule is C=C1C=C(C)C2=C(C(=O)c3[nH]c(=O)cc(C)c3C2=O)N1CC(C)C. The smallest absolute Gasteiger partial charge is 0.248 e. The van der Waals surface area contributed by atoms with Gasteiger partial charge in [-0.3, -0.25) is 14.4 Å². The minimum atomic E-state index is -0.381. The molecule has 0 spiro atoms. The van der Waals surface area contributed by atoms with E-state index < -0.39 is 0 Å². The fourth-order valence-electron chi connectivity index (χ4n) is 3.36. The van der Waals surface area contributed by atoms with Crippen molar-refractivity contribution in [3.63, 3.8) is 0 Å². The molecule has 5 nitrogen and oxygen atoms in total. The van der Waals surface area contributed by atoms with Crippen LogP contribution in [0.1, 0.15) is 47.2 Å². The van der Waals surface area contributed by atoms with E-state index in [1.807, 2.05) is 26.8 Å². The number of ketones is 2. The highest BCUT2D eigenvalue weighted by Crippen LogP contribution is 2.37. The number of aryl methyl sites for hydroxylation is 1. The van der Waals surface area contributed by atoms with Gasteiger partial charge in [0.15, 0.2) is 5.78 Å². The first-order valence-corrected chi connectivity index (χ1v) is 7.95. The minimum absolute atomic E-state index is 0.0833. The van der Waals surface area contributed by atoms with Crippen LogP contribution in [-0.4, -0.2) is 28.0 Å². The maximum Gasteiger partial charge on any atom is 0.248 e. The maximum atomic E-state index is 13.1. The molecule has 0 atom stereocenters. The number of H-pyrrole nitrogens is 1. The zero-order valence-corrected chi connectivity index (χ0v) is 14.3. The predicted octanol–water partition coefficient (Wildman–Crippen LogP) is 2.75. The lowest BCUT2D eigenvalue weighted by Gasteiger charge is -2.36. The van der Waals surface area contributed by atoms with E-state index >= 15 is 0 Å². The Balaban J connectivity index is 2.29. The van der Waals surface area contributed by atoms with Gasteiger partial charge in [0.2, 0.25) is 11.3 Å². The van der Waals surface area contributed by atoms with E-state index in [0.29, 0.717) is 34.6 Å². The molecule has 0 bridgehead atoms. The number of nitrogens with one attached hydrogen (secondary N) is 1. The quantitative estimate of drug-likeness (QED) is 0.908. The molecule has 2 heterocycles. The number of rotatable bonds is 2. The Hall–Kier alpha value is -2.69. The van der Waals surface area contributed by atoms with Gasteiger partial charge in [-0.05, 0) is 37.0 Å². The molecule has 1 aliphatic carbocycles. The zero-order chi connectivity index (χ0) is 17.8. The number of fused-ring (bicyclic) bond motifs is 1. The van der Waals surface area contributed by atoms with Crippen LogP contribution in [0.2, 0.25) is 0 Å². The fourth-order valence-corrected chi connectivity index (χ4v) is 3.36. The molecule has 1 aromatic rings. The van der Waals surface area contributed by atoms with Crippen LogP contribution in [-0.2, 0) is 0 Å². The molecule has 0 radical (unpaired) electrons. The highest BCUT2D eigenvalue weighted by atomic mass is 16.1. The van der Waals surface area contributed by atoms with Crippen molar-refractivity contribution in [2.75, 3.05) is 6.54 Å². The predicted molar refractivity (Wildman–Crippen MR) is 91.9 cm³/mol. The van der Waals surface area contributed by atoms with Crippen molar-refractivity contribution in [1.29, 1.82) is 0 Å². The second-order valence-electron chi connectivity index (χ2n) is 6.77. The average molecular weight is 324 g/mol. The van der Waals surface area contributed by atoms with E-state index in [2.05, 4.69) is 11.6 Å². The summed E-state index contributed by atoms with van der Waals surface area (Å²) in [4.78, 5) is 42.3. The van der Waals surface area contributed by atoms with Crippen molar-refractivity contribution in [3.8, 4) is 0 Å². The monoisotopic (exact) mass is 324 g/mol. The summed E-state index contributed by atoms with van der Waals surface area (Å²) < 4.78 is 0. The van der Waals surface area contributed by atoms with Crippen LogP contribution < -0.4 is 5.56 Å². The van der Waals surface area contributed by atoms with E-state index in [4.69, 9.17) is 0 Å².